The third-order valence-electron chi connectivity index (χ3n) is 8.40. The maximum absolute atomic E-state index is 14.5. The van der Waals surface area contributed by atoms with Gasteiger partial charge in [-0.1, -0.05) is 40.6 Å². The molecule has 3 aromatic carbocycles. The van der Waals surface area contributed by atoms with E-state index < -0.39 is 85.1 Å². The Morgan fingerprint density at radius 3 is 2.02 bits per heavy atom. The first-order chi connectivity index (χ1) is 22.8. The zero-order valence-electron chi connectivity index (χ0n) is 25.1. The number of aryl methyl sites for hydroxylation is 1. The second kappa shape index (κ2) is 12.8. The number of benzene rings is 3. The van der Waals surface area contributed by atoms with Gasteiger partial charge in [0.05, 0.1) is 17.9 Å². The van der Waals surface area contributed by atoms with E-state index in [1.54, 1.807) is 0 Å². The number of ether oxygens (including phenoxy) is 1. The fourth-order valence-corrected chi connectivity index (χ4v) is 7.78. The molecule has 1 aliphatic rings. The van der Waals surface area contributed by atoms with E-state index in [2.05, 4.69) is 19.7 Å². The topological polar surface area (TPSA) is 103 Å². The lowest BCUT2D eigenvalue weighted by Gasteiger charge is -2.38. The van der Waals surface area contributed by atoms with E-state index in [1.807, 2.05) is 0 Å². The van der Waals surface area contributed by atoms with E-state index in [9.17, 15) is 52.7 Å². The molecule has 5 rings (SSSR count). The highest BCUT2D eigenvalue weighted by molar-refractivity contribution is 7.92. The van der Waals surface area contributed by atoms with Gasteiger partial charge in [0.25, 0.3) is 5.60 Å². The van der Waals surface area contributed by atoms with E-state index in [4.69, 9.17) is 0 Å². The van der Waals surface area contributed by atoms with E-state index >= 15 is 0 Å². The van der Waals surface area contributed by atoms with Crippen LogP contribution in [0.1, 0.15) is 34.5 Å². The summed E-state index contributed by atoms with van der Waals surface area (Å²) in [6.07, 6.45) is -13.2. The highest BCUT2D eigenvalue weighted by Crippen LogP contribution is 2.54. The smallest absolute Gasteiger partial charge is 0.349 e. The van der Waals surface area contributed by atoms with Crippen molar-refractivity contribution < 1.29 is 62.1 Å². The van der Waals surface area contributed by atoms with Crippen molar-refractivity contribution in [2.75, 3.05) is 13.1 Å². The lowest BCUT2D eigenvalue weighted by Crippen LogP contribution is -2.56. The van der Waals surface area contributed by atoms with Crippen molar-refractivity contribution in [3.05, 3.63) is 112 Å². The van der Waals surface area contributed by atoms with Gasteiger partial charge < -0.3 is 9.64 Å². The molecule has 0 N–H and O–H groups in total. The molecule has 1 atom stereocenters. The summed E-state index contributed by atoms with van der Waals surface area (Å²) in [5, 5.41) is 7.19. The first kappa shape index (κ1) is 35.8. The summed E-state index contributed by atoms with van der Waals surface area (Å²) in [6.45, 7) is -1.08. The van der Waals surface area contributed by atoms with Gasteiger partial charge in [0.1, 0.15) is 33.6 Å². The van der Waals surface area contributed by atoms with Crippen molar-refractivity contribution in [1.82, 2.24) is 15.2 Å². The van der Waals surface area contributed by atoms with Crippen LogP contribution in [0.2, 0.25) is 0 Å². The van der Waals surface area contributed by atoms with Crippen LogP contribution in [0.4, 0.5) is 39.5 Å². The molecule has 1 saturated heterocycles. The van der Waals surface area contributed by atoms with E-state index in [0.29, 0.717) is 24.3 Å². The summed E-state index contributed by atoms with van der Waals surface area (Å²) >= 11 is 0. The molecule has 0 unspecified atom stereocenters. The van der Waals surface area contributed by atoms with Crippen molar-refractivity contribution >= 4 is 15.7 Å². The van der Waals surface area contributed by atoms with Gasteiger partial charge in [-0.05, 0) is 55.3 Å². The average Bonchev–Trinajstić information content (AvgIpc) is 3.65. The van der Waals surface area contributed by atoms with Gasteiger partial charge in [-0.3, -0.25) is 4.79 Å². The van der Waals surface area contributed by atoms with Crippen LogP contribution in [0.15, 0.2) is 76.3 Å². The Kier molecular flexibility index (Phi) is 9.35. The number of amides is 1. The fourth-order valence-electron chi connectivity index (χ4n) is 5.70. The molecule has 1 aromatic heterocycles. The van der Waals surface area contributed by atoms with Gasteiger partial charge in [0.15, 0.2) is 9.84 Å². The van der Waals surface area contributed by atoms with E-state index in [-0.39, 0.29) is 36.3 Å². The molecule has 49 heavy (non-hydrogen) atoms. The molecule has 0 bridgehead atoms. The number of sulfone groups is 1. The molecule has 1 fully saturated rings. The van der Waals surface area contributed by atoms with Crippen molar-refractivity contribution in [2.45, 2.75) is 54.0 Å². The second-order valence-corrected chi connectivity index (χ2v) is 13.5. The number of halogens is 9. The van der Waals surface area contributed by atoms with Crippen molar-refractivity contribution in [1.29, 1.82) is 0 Å². The van der Waals surface area contributed by atoms with Gasteiger partial charge in [0, 0.05) is 24.2 Å². The number of hydrogen-bond acceptors (Lipinski definition) is 7. The van der Waals surface area contributed by atoms with Crippen LogP contribution >= 0.6 is 0 Å². The SMILES string of the molecule is Cc1nonc1CC(=O)N1CC[C@](c2ccc(C(OCc3c(F)cccc3F)(C(F)(F)F)C(F)(F)F)cc2)(S(=O)(=O)c2ccc(F)cc2)C1. The highest BCUT2D eigenvalue weighted by Gasteiger charge is 2.73. The number of carbonyl (C=O) groups is 1. The predicted molar refractivity (Wildman–Crippen MR) is 151 cm³/mol. The number of hydrogen-bond donors (Lipinski definition) is 0. The maximum atomic E-state index is 14.5. The molecule has 1 amide bonds. The normalized spacial score (nSPS) is 17.5. The Bertz CT molecular complexity index is 1910. The van der Waals surface area contributed by atoms with E-state index in [1.165, 1.54) is 6.92 Å². The van der Waals surface area contributed by atoms with Crippen LogP contribution in [0.25, 0.3) is 0 Å². The standard InChI is InChI=1S/C31H24F9N3O5S/c1-18-26(42-48-41-18)15-27(44)43-14-13-28(17-43,49(45,46)22-11-9-21(32)10-12-22)19-5-7-20(8-6-19)29(30(35,36)37,31(38,39)40)47-16-23-24(33)3-2-4-25(23)34/h2-12H,13-17H2,1H3/t28-/m0/s1. The number of aromatic nitrogens is 2. The second-order valence-electron chi connectivity index (χ2n) is 11.2. The Morgan fingerprint density at radius 2 is 1.49 bits per heavy atom. The van der Waals surface area contributed by atoms with Gasteiger partial charge in [-0.2, -0.15) is 26.3 Å². The quantitative estimate of drug-likeness (QED) is 0.144. The summed E-state index contributed by atoms with van der Waals surface area (Å²) in [6, 6.07) is 7.80. The highest BCUT2D eigenvalue weighted by atomic mass is 32.2. The monoisotopic (exact) mass is 721 g/mol. The van der Waals surface area contributed by atoms with Crippen LogP contribution < -0.4 is 0 Å². The minimum absolute atomic E-state index is 0.152. The first-order valence-electron chi connectivity index (χ1n) is 14.2. The first-order valence-corrected chi connectivity index (χ1v) is 15.7. The van der Waals surface area contributed by atoms with Crippen LogP contribution in [0.5, 0.6) is 0 Å². The predicted octanol–water partition coefficient (Wildman–Crippen LogP) is 6.48. The number of nitrogens with zero attached hydrogens (tertiary/aromatic N) is 3. The maximum Gasteiger partial charge on any atom is 0.430 e. The third kappa shape index (κ3) is 6.26. The average molecular weight is 722 g/mol. The Hall–Kier alpha value is -4.45. The molecular formula is C31H24F9N3O5S. The number of rotatable bonds is 9. The Balaban J connectivity index is 1.59. The largest absolute Gasteiger partial charge is 0.430 e. The molecule has 2 heterocycles. The van der Waals surface area contributed by atoms with Gasteiger partial charge >= 0.3 is 12.4 Å². The van der Waals surface area contributed by atoms with Crippen LogP contribution in [-0.4, -0.2) is 55.0 Å². The van der Waals surface area contributed by atoms with Crippen molar-refractivity contribution in [2.24, 2.45) is 0 Å². The van der Waals surface area contributed by atoms with Crippen LogP contribution in [0, 0.1) is 24.4 Å². The molecule has 4 aromatic rings. The molecule has 18 heteroatoms. The summed E-state index contributed by atoms with van der Waals surface area (Å²) in [4.78, 5) is 13.9. The fraction of sp³-hybridized carbons (Fsp3) is 0.323. The molecule has 1 aliphatic heterocycles. The number of likely N-dealkylation sites (tertiary alicyclic amines) is 1. The van der Waals surface area contributed by atoms with Crippen molar-refractivity contribution in [3.63, 3.8) is 0 Å². The van der Waals surface area contributed by atoms with Crippen molar-refractivity contribution in [3.8, 4) is 0 Å². The molecule has 0 saturated carbocycles. The molecule has 0 aliphatic carbocycles. The lowest BCUT2D eigenvalue weighted by molar-refractivity contribution is -0.392. The van der Waals surface area contributed by atoms with Gasteiger partial charge in [-0.25, -0.2) is 26.2 Å². The Labute approximate surface area is 272 Å². The minimum Gasteiger partial charge on any atom is -0.349 e. The summed E-state index contributed by atoms with van der Waals surface area (Å²) < 4.78 is 164. The summed E-state index contributed by atoms with van der Waals surface area (Å²) in [7, 11) is -4.63. The minimum atomic E-state index is -6.24. The molecule has 0 radical (unpaired) electrons. The summed E-state index contributed by atoms with van der Waals surface area (Å²) in [5.41, 5.74) is -7.73. The lowest BCUT2D eigenvalue weighted by atomic mass is 9.88. The summed E-state index contributed by atoms with van der Waals surface area (Å²) in [5.74, 6) is -4.31. The molecular weight excluding hydrogens is 697 g/mol. The number of alkyl halides is 6. The molecule has 262 valence electrons. The number of carbonyl (C=O) groups excluding carboxylic acids is 1. The molecule has 0 spiro atoms. The van der Waals surface area contributed by atoms with Gasteiger partial charge in [0.2, 0.25) is 5.91 Å². The van der Waals surface area contributed by atoms with Crippen LogP contribution in [-0.2, 0) is 42.7 Å². The zero-order chi connectivity index (χ0) is 36.0. The van der Waals surface area contributed by atoms with E-state index in [0.717, 1.165) is 47.4 Å². The van der Waals surface area contributed by atoms with Crippen LogP contribution in [0.3, 0.4) is 0 Å². The third-order valence-corrected chi connectivity index (χ3v) is 10.9. The Morgan fingerprint density at radius 1 is 0.898 bits per heavy atom. The molecule has 8 nitrogen and oxygen atoms in total. The van der Waals surface area contributed by atoms with Gasteiger partial charge in [-0.15, -0.1) is 0 Å². The zero-order valence-corrected chi connectivity index (χ0v) is 25.9.